The van der Waals surface area contributed by atoms with E-state index in [1.807, 2.05) is 0 Å². The largest absolute Gasteiger partial charge is 0.472 e. The maximum atomic E-state index is 13.0. The molecular weight excluding hydrogens is 1190 g/mol. The number of esters is 4. The third-order valence-corrected chi connectivity index (χ3v) is 18.7. The summed E-state index contributed by atoms with van der Waals surface area (Å²) in [6.07, 6.45) is 48.4. The Hall–Kier alpha value is -1.94. The molecule has 0 aromatic rings. The van der Waals surface area contributed by atoms with Crippen LogP contribution in [0.4, 0.5) is 0 Å². The zero-order valence-electron chi connectivity index (χ0n) is 58.4. The topological polar surface area (TPSA) is 237 Å². The van der Waals surface area contributed by atoms with Crippen molar-refractivity contribution in [3.05, 3.63) is 0 Å². The zero-order valence-corrected chi connectivity index (χ0v) is 60.2. The molecule has 0 radical (unpaired) electrons. The maximum Gasteiger partial charge on any atom is 0.472 e. The van der Waals surface area contributed by atoms with E-state index >= 15 is 0 Å². The number of phosphoric acid groups is 2. The molecule has 0 fully saturated rings. The van der Waals surface area contributed by atoms with Crippen molar-refractivity contribution < 1.29 is 80.2 Å². The van der Waals surface area contributed by atoms with Gasteiger partial charge in [0.2, 0.25) is 0 Å². The summed E-state index contributed by atoms with van der Waals surface area (Å²) >= 11 is 0. The van der Waals surface area contributed by atoms with E-state index in [0.29, 0.717) is 31.6 Å². The molecule has 0 saturated heterocycles. The molecule has 0 bridgehead atoms. The minimum atomic E-state index is -4.95. The van der Waals surface area contributed by atoms with Gasteiger partial charge in [-0.2, -0.15) is 0 Å². The SMILES string of the molecule is CCCCCCCCCCCCCCCCC(=O)OC[C@H](COP(=O)(O)OC[C@@H](O)COP(=O)(O)OC[C@@H](COC(=O)CCCCCCCCCC(C)C)OC(=O)CCCCCCCCCCCCCC)OC(=O)CCCCCCCCCCCCC(C)CC. The summed E-state index contributed by atoms with van der Waals surface area (Å²) in [5.41, 5.74) is 0. The highest BCUT2D eigenvalue weighted by Crippen LogP contribution is 2.45. The van der Waals surface area contributed by atoms with Gasteiger partial charge in [-0.25, -0.2) is 9.13 Å². The minimum absolute atomic E-state index is 0.106. The van der Waals surface area contributed by atoms with Gasteiger partial charge in [0.1, 0.15) is 19.3 Å². The second-order valence-corrected chi connectivity index (χ2v) is 29.3. The zero-order chi connectivity index (χ0) is 66.5. The van der Waals surface area contributed by atoms with Crippen LogP contribution in [0.15, 0.2) is 0 Å². The predicted octanol–water partition coefficient (Wildman–Crippen LogP) is 20.4. The van der Waals surface area contributed by atoms with E-state index in [4.69, 9.17) is 37.0 Å². The molecule has 3 N–H and O–H groups in total. The van der Waals surface area contributed by atoms with Crippen LogP contribution in [-0.4, -0.2) is 96.7 Å². The van der Waals surface area contributed by atoms with Crippen molar-refractivity contribution in [3.63, 3.8) is 0 Å². The average Bonchev–Trinajstić information content (AvgIpc) is 2.47. The molecule has 0 aliphatic heterocycles. The van der Waals surface area contributed by atoms with E-state index in [0.717, 1.165) is 102 Å². The molecule has 0 amide bonds. The van der Waals surface area contributed by atoms with Gasteiger partial charge in [-0.1, -0.05) is 311 Å². The van der Waals surface area contributed by atoms with Gasteiger partial charge in [0.05, 0.1) is 26.4 Å². The third-order valence-electron chi connectivity index (χ3n) is 16.8. The number of ether oxygens (including phenoxy) is 4. The number of aliphatic hydroxyl groups excluding tert-OH is 1. The van der Waals surface area contributed by atoms with E-state index in [-0.39, 0.29) is 25.7 Å². The first-order valence-corrected chi connectivity index (χ1v) is 40.0. The van der Waals surface area contributed by atoms with Crippen molar-refractivity contribution >= 4 is 39.5 Å². The van der Waals surface area contributed by atoms with Crippen molar-refractivity contribution in [1.29, 1.82) is 0 Å². The number of phosphoric ester groups is 2. The molecule has 0 aromatic heterocycles. The first-order valence-electron chi connectivity index (χ1n) is 37.0. The fraction of sp³-hybridized carbons (Fsp3) is 0.944. The highest BCUT2D eigenvalue weighted by molar-refractivity contribution is 7.47. The molecular formula is C71H138O17P2. The Morgan fingerprint density at radius 1 is 0.322 bits per heavy atom. The maximum absolute atomic E-state index is 13.0. The van der Waals surface area contributed by atoms with E-state index in [9.17, 15) is 43.2 Å². The molecule has 0 heterocycles. The number of aliphatic hydroxyl groups is 1. The van der Waals surface area contributed by atoms with Crippen LogP contribution < -0.4 is 0 Å². The minimum Gasteiger partial charge on any atom is -0.462 e. The van der Waals surface area contributed by atoms with Crippen molar-refractivity contribution in [1.82, 2.24) is 0 Å². The second-order valence-electron chi connectivity index (χ2n) is 26.3. The highest BCUT2D eigenvalue weighted by atomic mass is 31.2. The van der Waals surface area contributed by atoms with Gasteiger partial charge in [-0.05, 0) is 37.5 Å². The first-order chi connectivity index (χ1) is 43.4. The van der Waals surface area contributed by atoms with Crippen LogP contribution >= 0.6 is 15.6 Å². The summed E-state index contributed by atoms with van der Waals surface area (Å²) in [7, 11) is -9.90. The van der Waals surface area contributed by atoms with E-state index < -0.39 is 97.5 Å². The van der Waals surface area contributed by atoms with Crippen LogP contribution in [0.1, 0.15) is 363 Å². The quantitative estimate of drug-likeness (QED) is 0.0222. The number of rotatable bonds is 70. The molecule has 0 rings (SSSR count). The summed E-state index contributed by atoms with van der Waals surface area (Å²) in [5, 5.41) is 10.6. The molecule has 90 heavy (non-hydrogen) atoms. The molecule has 0 aliphatic rings. The molecule has 0 spiro atoms. The van der Waals surface area contributed by atoms with Crippen LogP contribution in [0.5, 0.6) is 0 Å². The molecule has 0 aliphatic carbocycles. The summed E-state index contributed by atoms with van der Waals surface area (Å²) in [6.45, 7) is 9.53. The van der Waals surface area contributed by atoms with Gasteiger partial charge in [0.25, 0.3) is 0 Å². The lowest BCUT2D eigenvalue weighted by atomic mass is 9.99. The Bertz CT molecular complexity index is 1750. The summed E-state index contributed by atoms with van der Waals surface area (Å²) in [4.78, 5) is 72.6. The number of hydrogen-bond donors (Lipinski definition) is 3. The lowest BCUT2D eigenvalue weighted by Crippen LogP contribution is -2.30. The molecule has 17 nitrogen and oxygen atoms in total. The molecule has 0 aromatic carbocycles. The predicted molar refractivity (Wildman–Crippen MR) is 363 cm³/mol. The molecule has 6 atom stereocenters. The molecule has 19 heteroatoms. The Kier molecular flexibility index (Phi) is 61.8. The van der Waals surface area contributed by atoms with Gasteiger partial charge in [-0.15, -0.1) is 0 Å². The Labute approximate surface area is 549 Å². The van der Waals surface area contributed by atoms with Crippen LogP contribution in [-0.2, 0) is 65.4 Å². The van der Waals surface area contributed by atoms with Gasteiger partial charge in [-0.3, -0.25) is 37.3 Å². The molecule has 3 unspecified atom stereocenters. The number of carbonyl (C=O) groups is 4. The van der Waals surface area contributed by atoms with Crippen LogP contribution in [0.25, 0.3) is 0 Å². The van der Waals surface area contributed by atoms with Gasteiger partial charge < -0.3 is 33.8 Å². The van der Waals surface area contributed by atoms with Crippen molar-refractivity contribution in [3.8, 4) is 0 Å². The Morgan fingerprint density at radius 2 is 0.567 bits per heavy atom. The number of unbranched alkanes of at least 4 members (excludes halogenated alkanes) is 39. The standard InChI is InChI=1S/C71H138O17P2/c1-7-10-12-14-16-18-20-22-23-25-29-35-41-47-53-68(73)81-59-66(87-71(76)56-50-44-37-31-27-26-28-34-40-46-52-64(6)9-3)61-85-89(77,78)83-57-65(72)58-84-90(79,80)86-62-67(60-82-69(74)54-48-42-38-32-33-39-45-51-63(4)5)88-70(75)55-49-43-36-30-24-21-19-17-15-13-11-8-2/h63-67,72H,7-62H2,1-6H3,(H,77,78)(H,79,80)/t64?,65-,66-,67-/m1/s1. The normalized spacial score (nSPS) is 14.4. The smallest absolute Gasteiger partial charge is 0.462 e. The lowest BCUT2D eigenvalue weighted by molar-refractivity contribution is -0.161. The van der Waals surface area contributed by atoms with E-state index in [1.54, 1.807) is 0 Å². The second kappa shape index (κ2) is 63.1. The van der Waals surface area contributed by atoms with Gasteiger partial charge >= 0.3 is 39.5 Å². The third kappa shape index (κ3) is 63.5. The summed E-state index contributed by atoms with van der Waals surface area (Å²) in [5.74, 6) is -0.613. The van der Waals surface area contributed by atoms with Crippen molar-refractivity contribution in [2.75, 3.05) is 39.6 Å². The van der Waals surface area contributed by atoms with Crippen LogP contribution in [0.3, 0.4) is 0 Å². The molecule has 0 saturated carbocycles. The fourth-order valence-electron chi connectivity index (χ4n) is 10.7. The first kappa shape index (κ1) is 88.1. The highest BCUT2D eigenvalue weighted by Gasteiger charge is 2.30. The van der Waals surface area contributed by atoms with E-state index in [1.165, 1.54) is 173 Å². The monoisotopic (exact) mass is 1320 g/mol. The van der Waals surface area contributed by atoms with E-state index in [2.05, 4.69) is 41.5 Å². The number of hydrogen-bond acceptors (Lipinski definition) is 15. The Balaban J connectivity index is 5.26. The molecule has 534 valence electrons. The average molecular weight is 1330 g/mol. The van der Waals surface area contributed by atoms with Crippen LogP contribution in [0.2, 0.25) is 0 Å². The lowest BCUT2D eigenvalue weighted by Gasteiger charge is -2.21. The van der Waals surface area contributed by atoms with Gasteiger partial charge in [0.15, 0.2) is 12.2 Å². The van der Waals surface area contributed by atoms with Crippen LogP contribution in [0, 0.1) is 11.8 Å². The summed E-state index contributed by atoms with van der Waals surface area (Å²) in [6, 6.07) is 0. The summed E-state index contributed by atoms with van der Waals surface area (Å²) < 4.78 is 68.3. The van der Waals surface area contributed by atoms with Crippen molar-refractivity contribution in [2.45, 2.75) is 381 Å². The van der Waals surface area contributed by atoms with Crippen molar-refractivity contribution in [2.24, 2.45) is 11.8 Å². The number of carbonyl (C=O) groups excluding carboxylic acids is 4. The van der Waals surface area contributed by atoms with Gasteiger partial charge in [0, 0.05) is 25.7 Å². The Morgan fingerprint density at radius 3 is 0.844 bits per heavy atom. The fourth-order valence-corrected chi connectivity index (χ4v) is 12.3.